The minimum Gasteiger partial charge on any atom is -0.495 e. The molecule has 0 aromatic heterocycles. The van der Waals surface area contributed by atoms with Gasteiger partial charge in [0.25, 0.3) is 0 Å². The van der Waals surface area contributed by atoms with Crippen molar-refractivity contribution in [2.45, 2.75) is 0 Å². The summed E-state index contributed by atoms with van der Waals surface area (Å²) in [5.41, 5.74) is 0. The lowest BCUT2D eigenvalue weighted by atomic mass is 10.3. The van der Waals surface area contributed by atoms with Gasteiger partial charge < -0.3 is 4.74 Å². The molecule has 0 aliphatic heterocycles. The number of methoxy groups -OCH3 is 1. The van der Waals surface area contributed by atoms with Crippen LogP contribution < -0.4 is 4.74 Å². The Morgan fingerprint density at radius 2 is 2.60 bits per heavy atom. The van der Waals surface area contributed by atoms with E-state index in [1.54, 1.807) is 0 Å². The summed E-state index contributed by atoms with van der Waals surface area (Å²) in [6.07, 6.45) is 0. The lowest BCUT2D eigenvalue weighted by molar-refractivity contribution is 0.415. The Bertz CT molecular complexity index is 403. The van der Waals surface area contributed by atoms with E-state index >= 15 is 0 Å². The summed E-state index contributed by atoms with van der Waals surface area (Å²) in [5.74, 6) is -0.422. The van der Waals surface area contributed by atoms with Gasteiger partial charge in [0.05, 0.1) is 20.3 Å². The topological polar surface area (TPSA) is 9.23 Å². The van der Waals surface area contributed by atoms with Gasteiger partial charge in [0.2, 0.25) is 0 Å². The van der Waals surface area contributed by atoms with E-state index in [9.17, 15) is 0 Å². The van der Waals surface area contributed by atoms with Crippen LogP contribution >= 0.6 is 27.5 Å². The molecule has 0 bridgehead atoms. The first-order chi connectivity index (χ1) is 7.15. The molecule has 1 aromatic carbocycles. The van der Waals surface area contributed by atoms with E-state index in [0.29, 0.717) is 0 Å². The lowest BCUT2D eigenvalue weighted by Gasteiger charge is -2.01. The Morgan fingerprint density at radius 1 is 1.80 bits per heavy atom. The quantitative estimate of drug-likeness (QED) is 0.716. The van der Waals surface area contributed by atoms with E-state index in [2.05, 4.69) is 20.7 Å². The number of halogens is 2. The first-order valence-electron chi connectivity index (χ1n) is 5.29. The maximum absolute atomic E-state index is 7.54. The second kappa shape index (κ2) is 3.26. The normalized spacial score (nSPS) is 19.4. The predicted molar refractivity (Wildman–Crippen MR) is 45.7 cm³/mol. The highest BCUT2D eigenvalue weighted by molar-refractivity contribution is 9.10. The summed E-state index contributed by atoms with van der Waals surface area (Å²) in [7, 11) is -2.76. The fourth-order valence-corrected chi connectivity index (χ4v) is 0.835. The van der Waals surface area contributed by atoms with Gasteiger partial charge in [-0.05, 0) is 18.1 Å². The Morgan fingerprint density at radius 3 is 3.30 bits per heavy atom. The zero-order valence-electron chi connectivity index (χ0n) is 10.7. The molecule has 0 fully saturated rings. The van der Waals surface area contributed by atoms with Crippen LogP contribution in [0.4, 0.5) is 0 Å². The molecule has 10 heavy (non-hydrogen) atoms. The van der Waals surface area contributed by atoms with E-state index in [1.807, 2.05) is 0 Å². The van der Waals surface area contributed by atoms with E-state index in [4.69, 9.17) is 19.8 Å². The van der Waals surface area contributed by atoms with Crippen molar-refractivity contribution in [3.8, 4) is 5.75 Å². The van der Waals surface area contributed by atoms with Crippen LogP contribution in [0.5, 0.6) is 5.75 Å². The Balaban J connectivity index is 3.40. The molecule has 0 atom stereocenters. The molecule has 0 heterocycles. The average molecular weight is 228 g/mol. The first kappa shape index (κ1) is 3.03. The van der Waals surface area contributed by atoms with E-state index in [-0.39, 0.29) is 27.6 Å². The summed E-state index contributed by atoms with van der Waals surface area (Å²) in [6.45, 7) is 0. The van der Waals surface area contributed by atoms with Crippen LogP contribution in [0.15, 0.2) is 22.6 Å². The van der Waals surface area contributed by atoms with Crippen molar-refractivity contribution in [3.05, 3.63) is 27.6 Å². The SMILES string of the molecule is [2H]c1c([2H])c(Br)c([2H])c(OC([2H])([2H])[2H])c1Cl. The van der Waals surface area contributed by atoms with E-state index < -0.39 is 12.8 Å². The molecule has 0 unspecified atom stereocenters. The molecule has 1 rings (SSSR count). The summed E-state index contributed by atoms with van der Waals surface area (Å²) in [6, 6.07) is -1.03. The number of rotatable bonds is 1. The number of hydrogen-bond donors (Lipinski definition) is 0. The highest BCUT2D eigenvalue weighted by atomic mass is 79.9. The molecule has 54 valence electrons. The Kier molecular flexibility index (Phi) is 0.989. The van der Waals surface area contributed by atoms with Crippen LogP contribution in [0.1, 0.15) is 8.22 Å². The van der Waals surface area contributed by atoms with Crippen LogP contribution in [-0.2, 0) is 0 Å². The van der Waals surface area contributed by atoms with Gasteiger partial charge in [-0.2, -0.15) is 0 Å². The predicted octanol–water partition coefficient (Wildman–Crippen LogP) is 3.11. The molecule has 0 saturated heterocycles. The monoisotopic (exact) mass is 226 g/mol. The largest absolute Gasteiger partial charge is 0.495 e. The van der Waals surface area contributed by atoms with E-state index in [0.717, 1.165) is 0 Å². The smallest absolute Gasteiger partial charge is 0.138 e. The average Bonchev–Trinajstić information content (AvgIpc) is 2.17. The molecule has 1 nitrogen and oxygen atoms in total. The van der Waals surface area contributed by atoms with Crippen molar-refractivity contribution in [2.75, 3.05) is 7.04 Å². The van der Waals surface area contributed by atoms with E-state index in [1.165, 1.54) is 0 Å². The highest BCUT2D eigenvalue weighted by Crippen LogP contribution is 2.27. The molecule has 0 amide bonds. The second-order valence-corrected chi connectivity index (χ2v) is 2.61. The molecule has 0 radical (unpaired) electrons. The minimum atomic E-state index is -2.76. The third-order valence-electron chi connectivity index (χ3n) is 0.807. The van der Waals surface area contributed by atoms with Crippen molar-refractivity contribution in [1.82, 2.24) is 0 Å². The third kappa shape index (κ3) is 1.64. The molecule has 0 aliphatic rings. The third-order valence-corrected chi connectivity index (χ3v) is 1.47. The number of benzene rings is 1. The van der Waals surface area contributed by atoms with Crippen LogP contribution in [0.3, 0.4) is 0 Å². The van der Waals surface area contributed by atoms with Gasteiger partial charge in [0.1, 0.15) is 5.75 Å². The zero-order chi connectivity index (χ0) is 12.7. The van der Waals surface area contributed by atoms with Crippen molar-refractivity contribution in [3.63, 3.8) is 0 Å². The lowest BCUT2D eigenvalue weighted by Crippen LogP contribution is -1.82. The number of ether oxygens (including phenoxy) is 1. The highest BCUT2D eigenvalue weighted by Gasteiger charge is 1.98. The first-order valence-corrected chi connectivity index (χ1v) is 3.46. The minimum absolute atomic E-state index is 0.0267. The molecule has 0 spiro atoms. The van der Waals surface area contributed by atoms with Crippen molar-refractivity contribution in [2.24, 2.45) is 0 Å². The molecule has 0 saturated carbocycles. The molecule has 3 heteroatoms. The van der Waals surface area contributed by atoms with Gasteiger partial charge in [0, 0.05) is 4.47 Å². The summed E-state index contributed by atoms with van der Waals surface area (Å²) in [4.78, 5) is 0. The molecular weight excluding hydrogens is 215 g/mol. The summed E-state index contributed by atoms with van der Waals surface area (Å²) >= 11 is 8.56. The van der Waals surface area contributed by atoms with Gasteiger partial charge in [-0.25, -0.2) is 0 Å². The fourth-order valence-electron chi connectivity index (χ4n) is 0.423. The maximum Gasteiger partial charge on any atom is 0.138 e. The molecule has 0 N–H and O–H groups in total. The number of hydrogen-bond acceptors (Lipinski definition) is 1. The Labute approximate surface area is 81.5 Å². The van der Waals surface area contributed by atoms with Gasteiger partial charge >= 0.3 is 0 Å². The standard InChI is InChI=1S/C7H6BrClO/c1-10-7-4-5(8)2-3-6(7)9/h2-4H,1H3/i1D3,2D,3D,4D. The Hall–Kier alpha value is -0.210. The van der Waals surface area contributed by atoms with Crippen LogP contribution in [-0.4, -0.2) is 7.04 Å². The summed E-state index contributed by atoms with van der Waals surface area (Å²) < 4.78 is 47.6. The van der Waals surface area contributed by atoms with Crippen LogP contribution in [0.2, 0.25) is 5.02 Å². The summed E-state index contributed by atoms with van der Waals surface area (Å²) in [5, 5.41) is -0.352. The maximum atomic E-state index is 7.54. The molecule has 0 aliphatic carbocycles. The molecule has 1 aromatic rings. The van der Waals surface area contributed by atoms with Gasteiger partial charge in [-0.1, -0.05) is 27.5 Å². The fraction of sp³-hybridized carbons (Fsp3) is 0.143. The van der Waals surface area contributed by atoms with Crippen LogP contribution in [0, 0.1) is 0 Å². The van der Waals surface area contributed by atoms with Gasteiger partial charge in [0.15, 0.2) is 0 Å². The van der Waals surface area contributed by atoms with Gasteiger partial charge in [-0.3, -0.25) is 0 Å². The zero-order valence-corrected chi connectivity index (χ0v) is 7.01. The van der Waals surface area contributed by atoms with Crippen molar-refractivity contribution in [1.29, 1.82) is 0 Å². The van der Waals surface area contributed by atoms with Crippen molar-refractivity contribution >= 4 is 27.5 Å². The van der Waals surface area contributed by atoms with Gasteiger partial charge in [-0.15, -0.1) is 0 Å². The van der Waals surface area contributed by atoms with Crippen LogP contribution in [0.25, 0.3) is 0 Å². The molecular formula is C7H6BrClO. The second-order valence-electron chi connectivity index (χ2n) is 1.43. The van der Waals surface area contributed by atoms with Crippen molar-refractivity contribution < 1.29 is 13.0 Å².